The summed E-state index contributed by atoms with van der Waals surface area (Å²) in [6, 6.07) is 0. The third-order valence-electron chi connectivity index (χ3n) is 2.96. The van der Waals surface area contributed by atoms with Crippen LogP contribution in [-0.4, -0.2) is 39.5 Å². The number of rotatable bonds is 9. The van der Waals surface area contributed by atoms with E-state index in [2.05, 4.69) is 6.92 Å². The Labute approximate surface area is 104 Å². The van der Waals surface area contributed by atoms with Crippen LogP contribution >= 0.6 is 0 Å². The average molecular weight is 244 g/mol. The van der Waals surface area contributed by atoms with Crippen LogP contribution in [0.15, 0.2) is 0 Å². The monoisotopic (exact) mass is 244 g/mol. The van der Waals surface area contributed by atoms with Crippen molar-refractivity contribution in [3.05, 3.63) is 0 Å². The van der Waals surface area contributed by atoms with Crippen LogP contribution in [0.3, 0.4) is 0 Å². The van der Waals surface area contributed by atoms with Gasteiger partial charge in [0.1, 0.15) is 6.61 Å². The summed E-state index contributed by atoms with van der Waals surface area (Å²) >= 11 is 0. The number of esters is 1. The van der Waals surface area contributed by atoms with Crippen molar-refractivity contribution < 1.29 is 19.0 Å². The number of ether oxygens (including phenoxy) is 3. The first-order chi connectivity index (χ1) is 8.16. The highest BCUT2D eigenvalue weighted by atomic mass is 16.5. The Morgan fingerprint density at radius 1 is 1.24 bits per heavy atom. The van der Waals surface area contributed by atoms with Crippen molar-refractivity contribution in [3.63, 3.8) is 0 Å². The number of hydrogen-bond donors (Lipinski definition) is 0. The molecular weight excluding hydrogens is 220 g/mol. The molecule has 1 aliphatic rings. The van der Waals surface area contributed by atoms with Gasteiger partial charge in [-0.15, -0.1) is 0 Å². The van der Waals surface area contributed by atoms with Crippen LogP contribution < -0.4 is 0 Å². The minimum Gasteiger partial charge on any atom is -0.465 e. The van der Waals surface area contributed by atoms with Gasteiger partial charge in [-0.3, -0.25) is 4.79 Å². The zero-order valence-electron chi connectivity index (χ0n) is 11.0. The summed E-state index contributed by atoms with van der Waals surface area (Å²) in [5.74, 6) is -0.0788. The Morgan fingerprint density at radius 2 is 1.94 bits per heavy atom. The molecule has 0 atom stereocenters. The minimum atomic E-state index is -0.0788. The molecule has 4 heteroatoms. The van der Waals surface area contributed by atoms with Crippen LogP contribution in [0.4, 0.5) is 0 Å². The van der Waals surface area contributed by atoms with Gasteiger partial charge in [-0.2, -0.15) is 0 Å². The Morgan fingerprint density at radius 3 is 2.53 bits per heavy atom. The first-order valence-corrected chi connectivity index (χ1v) is 6.39. The molecule has 0 N–H and O–H groups in total. The van der Waals surface area contributed by atoms with E-state index in [0.717, 1.165) is 32.3 Å². The molecule has 0 unspecified atom stereocenters. The lowest BCUT2D eigenvalue weighted by molar-refractivity contribution is -0.165. The van der Waals surface area contributed by atoms with Gasteiger partial charge >= 0.3 is 5.97 Å². The Kier molecular flexibility index (Phi) is 6.52. The van der Waals surface area contributed by atoms with Crippen molar-refractivity contribution in [2.45, 2.75) is 39.0 Å². The molecule has 0 aromatic rings. The number of carbonyl (C=O) groups is 1. The topological polar surface area (TPSA) is 44.8 Å². The second-order valence-corrected chi connectivity index (χ2v) is 5.12. The van der Waals surface area contributed by atoms with Crippen molar-refractivity contribution in [2.75, 3.05) is 33.5 Å². The predicted molar refractivity (Wildman–Crippen MR) is 64.8 cm³/mol. The highest BCUT2D eigenvalue weighted by molar-refractivity contribution is 5.69. The molecule has 1 heterocycles. The Bertz CT molecular complexity index is 223. The summed E-state index contributed by atoms with van der Waals surface area (Å²) in [7, 11) is 1.71. The van der Waals surface area contributed by atoms with Gasteiger partial charge < -0.3 is 14.2 Å². The molecule has 0 bridgehead atoms. The fourth-order valence-corrected chi connectivity index (χ4v) is 1.73. The van der Waals surface area contributed by atoms with Crippen LogP contribution in [0.1, 0.15) is 39.0 Å². The maximum absolute atomic E-state index is 11.4. The van der Waals surface area contributed by atoms with Gasteiger partial charge in [0.25, 0.3) is 0 Å². The Hall–Kier alpha value is -0.610. The van der Waals surface area contributed by atoms with E-state index in [0.29, 0.717) is 26.2 Å². The standard InChI is InChI=1S/C13H24O4/c1-13(9-16-10-13)11-17-12(14)7-5-3-4-6-8-15-2/h3-11H2,1-2H3. The van der Waals surface area contributed by atoms with Crippen LogP contribution in [0, 0.1) is 5.41 Å². The molecule has 0 aliphatic carbocycles. The van der Waals surface area contributed by atoms with Crippen LogP contribution in [0.5, 0.6) is 0 Å². The van der Waals surface area contributed by atoms with Crippen molar-refractivity contribution >= 4 is 5.97 Å². The molecule has 100 valence electrons. The number of hydrogen-bond acceptors (Lipinski definition) is 4. The van der Waals surface area contributed by atoms with E-state index in [-0.39, 0.29) is 11.4 Å². The maximum atomic E-state index is 11.4. The van der Waals surface area contributed by atoms with E-state index in [1.165, 1.54) is 0 Å². The molecular formula is C13H24O4. The lowest BCUT2D eigenvalue weighted by Crippen LogP contribution is -2.44. The van der Waals surface area contributed by atoms with E-state index in [1.807, 2.05) is 0 Å². The molecule has 1 aliphatic heterocycles. The largest absolute Gasteiger partial charge is 0.465 e. The van der Waals surface area contributed by atoms with Crippen LogP contribution in [0.25, 0.3) is 0 Å². The Balaban J connectivity index is 1.90. The van der Waals surface area contributed by atoms with Gasteiger partial charge in [-0.25, -0.2) is 0 Å². The molecule has 0 saturated carbocycles. The lowest BCUT2D eigenvalue weighted by Gasteiger charge is -2.37. The molecule has 1 saturated heterocycles. The van der Waals surface area contributed by atoms with E-state index < -0.39 is 0 Å². The number of unbranched alkanes of at least 4 members (excludes halogenated alkanes) is 3. The van der Waals surface area contributed by atoms with Gasteiger partial charge in [-0.1, -0.05) is 19.8 Å². The summed E-state index contributed by atoms with van der Waals surface area (Å²) in [6.07, 6.45) is 4.70. The number of carbonyl (C=O) groups excluding carboxylic acids is 1. The summed E-state index contributed by atoms with van der Waals surface area (Å²) in [5.41, 5.74) is 0.0636. The molecule has 0 amide bonds. The molecule has 1 fully saturated rings. The quantitative estimate of drug-likeness (QED) is 0.460. The fraction of sp³-hybridized carbons (Fsp3) is 0.923. The fourth-order valence-electron chi connectivity index (χ4n) is 1.73. The molecule has 0 aromatic carbocycles. The first kappa shape index (κ1) is 14.5. The van der Waals surface area contributed by atoms with Crippen molar-refractivity contribution in [1.82, 2.24) is 0 Å². The van der Waals surface area contributed by atoms with Gasteiger partial charge in [0.05, 0.1) is 13.2 Å². The van der Waals surface area contributed by atoms with Crippen molar-refractivity contribution in [3.8, 4) is 0 Å². The molecule has 0 radical (unpaired) electrons. The van der Waals surface area contributed by atoms with E-state index in [9.17, 15) is 4.79 Å². The van der Waals surface area contributed by atoms with Crippen molar-refractivity contribution in [1.29, 1.82) is 0 Å². The molecule has 17 heavy (non-hydrogen) atoms. The number of methoxy groups -OCH3 is 1. The maximum Gasteiger partial charge on any atom is 0.305 e. The van der Waals surface area contributed by atoms with E-state index in [1.54, 1.807) is 7.11 Å². The van der Waals surface area contributed by atoms with Crippen LogP contribution in [0.2, 0.25) is 0 Å². The third-order valence-corrected chi connectivity index (χ3v) is 2.96. The molecule has 4 nitrogen and oxygen atoms in total. The highest BCUT2D eigenvalue weighted by Crippen LogP contribution is 2.26. The van der Waals surface area contributed by atoms with Gasteiger partial charge in [0.2, 0.25) is 0 Å². The summed E-state index contributed by atoms with van der Waals surface area (Å²) < 4.78 is 15.3. The van der Waals surface area contributed by atoms with Crippen LogP contribution in [-0.2, 0) is 19.0 Å². The zero-order chi connectivity index (χ0) is 12.6. The first-order valence-electron chi connectivity index (χ1n) is 6.39. The zero-order valence-corrected chi connectivity index (χ0v) is 11.0. The SMILES string of the molecule is COCCCCCCC(=O)OCC1(C)COC1. The molecule has 1 rings (SSSR count). The van der Waals surface area contributed by atoms with Gasteiger partial charge in [0.15, 0.2) is 0 Å². The van der Waals surface area contributed by atoms with E-state index >= 15 is 0 Å². The van der Waals surface area contributed by atoms with Crippen molar-refractivity contribution in [2.24, 2.45) is 5.41 Å². The highest BCUT2D eigenvalue weighted by Gasteiger charge is 2.34. The van der Waals surface area contributed by atoms with Gasteiger partial charge in [0, 0.05) is 25.6 Å². The second-order valence-electron chi connectivity index (χ2n) is 5.12. The molecule has 0 aromatic heterocycles. The minimum absolute atomic E-state index is 0.0636. The lowest BCUT2D eigenvalue weighted by atomic mass is 9.90. The predicted octanol–water partition coefficient (Wildman–Crippen LogP) is 2.16. The third kappa shape index (κ3) is 6.03. The smallest absolute Gasteiger partial charge is 0.305 e. The second kappa shape index (κ2) is 7.67. The molecule has 0 spiro atoms. The normalized spacial score (nSPS) is 17.5. The summed E-state index contributed by atoms with van der Waals surface area (Å²) in [5, 5.41) is 0. The average Bonchev–Trinajstić information content (AvgIpc) is 2.28. The summed E-state index contributed by atoms with van der Waals surface area (Å²) in [4.78, 5) is 11.4. The van der Waals surface area contributed by atoms with Gasteiger partial charge in [-0.05, 0) is 12.8 Å². The van der Waals surface area contributed by atoms with E-state index in [4.69, 9.17) is 14.2 Å². The summed E-state index contributed by atoms with van der Waals surface area (Å²) in [6.45, 7) is 4.79.